The first kappa shape index (κ1) is 16.2. The molecule has 0 N–H and O–H groups in total. The summed E-state index contributed by atoms with van der Waals surface area (Å²) < 4.78 is 5.71. The van der Waals surface area contributed by atoms with E-state index in [0.717, 1.165) is 25.4 Å². The molecule has 0 fully saturated rings. The Bertz CT molecular complexity index is 578. The van der Waals surface area contributed by atoms with E-state index in [0.29, 0.717) is 17.9 Å². The van der Waals surface area contributed by atoms with Crippen LogP contribution in [0.4, 0.5) is 0 Å². The van der Waals surface area contributed by atoms with Crippen molar-refractivity contribution in [2.24, 2.45) is 0 Å². The van der Waals surface area contributed by atoms with Crippen LogP contribution in [-0.4, -0.2) is 41.9 Å². The molecule has 2 aromatic rings. The molecule has 2 rings (SSSR count). The Labute approximate surface area is 131 Å². The molecule has 1 aromatic heterocycles. The molecule has 0 aliphatic rings. The fourth-order valence-corrected chi connectivity index (χ4v) is 2.18. The van der Waals surface area contributed by atoms with Gasteiger partial charge in [-0.25, -0.2) is 0 Å². The number of pyridine rings is 1. The SMILES string of the molecule is CCN(CC)CCOc1ccc(C(=O)c2ccccn2)cc1. The maximum atomic E-state index is 12.2. The quantitative estimate of drug-likeness (QED) is 0.703. The monoisotopic (exact) mass is 298 g/mol. The lowest BCUT2D eigenvalue weighted by Gasteiger charge is -2.18. The van der Waals surface area contributed by atoms with Gasteiger partial charge >= 0.3 is 0 Å². The summed E-state index contributed by atoms with van der Waals surface area (Å²) in [7, 11) is 0. The molecule has 22 heavy (non-hydrogen) atoms. The zero-order valence-corrected chi connectivity index (χ0v) is 13.2. The zero-order chi connectivity index (χ0) is 15.8. The minimum atomic E-state index is -0.0738. The predicted molar refractivity (Wildman–Crippen MR) is 87.4 cm³/mol. The van der Waals surface area contributed by atoms with Gasteiger partial charge in [-0.2, -0.15) is 0 Å². The van der Waals surface area contributed by atoms with Gasteiger partial charge in [0, 0.05) is 18.3 Å². The van der Waals surface area contributed by atoms with Crippen LogP contribution in [-0.2, 0) is 0 Å². The van der Waals surface area contributed by atoms with Gasteiger partial charge in [0.15, 0.2) is 0 Å². The van der Waals surface area contributed by atoms with Crippen LogP contribution in [0, 0.1) is 0 Å². The van der Waals surface area contributed by atoms with Crippen LogP contribution in [0.25, 0.3) is 0 Å². The van der Waals surface area contributed by atoms with E-state index < -0.39 is 0 Å². The zero-order valence-electron chi connectivity index (χ0n) is 13.2. The third-order valence-corrected chi connectivity index (χ3v) is 3.58. The highest BCUT2D eigenvalue weighted by molar-refractivity contribution is 6.07. The molecular formula is C18H22N2O2. The van der Waals surface area contributed by atoms with E-state index in [4.69, 9.17) is 4.74 Å². The summed E-state index contributed by atoms with van der Waals surface area (Å²) in [5, 5.41) is 0. The standard InChI is InChI=1S/C18H22N2O2/c1-3-20(4-2)13-14-22-16-10-8-15(9-11-16)18(21)17-7-5-6-12-19-17/h5-12H,3-4,13-14H2,1-2H3. The molecule has 0 saturated carbocycles. The van der Waals surface area contributed by atoms with E-state index in [-0.39, 0.29) is 5.78 Å². The summed E-state index contributed by atoms with van der Waals surface area (Å²) in [6.45, 7) is 7.88. The Kier molecular flexibility index (Phi) is 6.10. The van der Waals surface area contributed by atoms with Crippen LogP contribution in [0.3, 0.4) is 0 Å². The van der Waals surface area contributed by atoms with Crippen molar-refractivity contribution in [1.82, 2.24) is 9.88 Å². The number of hydrogen-bond donors (Lipinski definition) is 0. The fourth-order valence-electron chi connectivity index (χ4n) is 2.18. The van der Waals surface area contributed by atoms with Crippen molar-refractivity contribution < 1.29 is 9.53 Å². The van der Waals surface area contributed by atoms with Crippen LogP contribution in [0.2, 0.25) is 0 Å². The highest BCUT2D eigenvalue weighted by Gasteiger charge is 2.09. The van der Waals surface area contributed by atoms with Crippen molar-refractivity contribution in [3.63, 3.8) is 0 Å². The van der Waals surface area contributed by atoms with E-state index in [1.54, 1.807) is 30.5 Å². The average molecular weight is 298 g/mol. The molecule has 0 unspecified atom stereocenters. The number of nitrogens with zero attached hydrogens (tertiary/aromatic N) is 2. The van der Waals surface area contributed by atoms with E-state index in [9.17, 15) is 4.79 Å². The number of benzene rings is 1. The minimum absolute atomic E-state index is 0.0738. The average Bonchev–Trinajstić information content (AvgIpc) is 2.59. The predicted octanol–water partition coefficient (Wildman–Crippen LogP) is 3.03. The molecule has 4 nitrogen and oxygen atoms in total. The number of ketones is 1. The van der Waals surface area contributed by atoms with Gasteiger partial charge in [0.05, 0.1) is 0 Å². The first-order valence-corrected chi connectivity index (χ1v) is 7.65. The van der Waals surface area contributed by atoms with Crippen molar-refractivity contribution in [2.75, 3.05) is 26.2 Å². The maximum absolute atomic E-state index is 12.2. The molecule has 0 radical (unpaired) electrons. The van der Waals surface area contributed by atoms with E-state index in [2.05, 4.69) is 23.7 Å². The highest BCUT2D eigenvalue weighted by atomic mass is 16.5. The summed E-state index contributed by atoms with van der Waals surface area (Å²) in [6, 6.07) is 12.6. The lowest BCUT2D eigenvalue weighted by atomic mass is 10.1. The lowest BCUT2D eigenvalue weighted by molar-refractivity contribution is 0.103. The van der Waals surface area contributed by atoms with Crippen LogP contribution < -0.4 is 4.74 Å². The molecule has 0 saturated heterocycles. The van der Waals surface area contributed by atoms with Gasteiger partial charge < -0.3 is 9.64 Å². The molecule has 0 amide bonds. The first-order chi connectivity index (χ1) is 10.7. The molecule has 116 valence electrons. The minimum Gasteiger partial charge on any atom is -0.492 e. The summed E-state index contributed by atoms with van der Waals surface area (Å²) in [6.07, 6.45) is 1.62. The van der Waals surface area contributed by atoms with Crippen LogP contribution in [0.1, 0.15) is 29.9 Å². The van der Waals surface area contributed by atoms with Gasteiger partial charge in [-0.05, 0) is 49.5 Å². The van der Waals surface area contributed by atoms with Gasteiger partial charge in [-0.15, -0.1) is 0 Å². The Morgan fingerprint density at radius 3 is 2.41 bits per heavy atom. The normalized spacial score (nSPS) is 10.7. The molecule has 1 heterocycles. The van der Waals surface area contributed by atoms with E-state index in [1.807, 2.05) is 18.2 Å². The second-order valence-corrected chi connectivity index (χ2v) is 4.94. The molecule has 0 atom stereocenters. The van der Waals surface area contributed by atoms with Crippen molar-refractivity contribution in [3.05, 3.63) is 59.9 Å². The Morgan fingerprint density at radius 2 is 1.82 bits per heavy atom. The largest absolute Gasteiger partial charge is 0.492 e. The van der Waals surface area contributed by atoms with Crippen molar-refractivity contribution in [3.8, 4) is 5.75 Å². The highest BCUT2D eigenvalue weighted by Crippen LogP contribution is 2.14. The molecular weight excluding hydrogens is 276 g/mol. The second-order valence-electron chi connectivity index (χ2n) is 4.94. The molecule has 0 spiro atoms. The van der Waals surface area contributed by atoms with Crippen LogP contribution >= 0.6 is 0 Å². The third kappa shape index (κ3) is 4.40. The number of carbonyl (C=O) groups is 1. The maximum Gasteiger partial charge on any atom is 0.211 e. The summed E-state index contributed by atoms with van der Waals surface area (Å²) in [5.74, 6) is 0.708. The second kappa shape index (κ2) is 8.29. The number of carbonyl (C=O) groups excluding carboxylic acids is 1. The van der Waals surface area contributed by atoms with E-state index in [1.165, 1.54) is 0 Å². The molecule has 0 bridgehead atoms. The van der Waals surface area contributed by atoms with Gasteiger partial charge in [0.1, 0.15) is 18.1 Å². The van der Waals surface area contributed by atoms with Gasteiger partial charge in [-0.3, -0.25) is 9.78 Å². The number of likely N-dealkylation sites (N-methyl/N-ethyl adjacent to an activating group) is 1. The molecule has 1 aromatic carbocycles. The summed E-state index contributed by atoms with van der Waals surface area (Å²) >= 11 is 0. The fraction of sp³-hybridized carbons (Fsp3) is 0.333. The Hall–Kier alpha value is -2.20. The Morgan fingerprint density at radius 1 is 1.09 bits per heavy atom. The summed E-state index contributed by atoms with van der Waals surface area (Å²) in [5.41, 5.74) is 1.08. The van der Waals surface area contributed by atoms with Crippen molar-refractivity contribution in [1.29, 1.82) is 0 Å². The van der Waals surface area contributed by atoms with Gasteiger partial charge in [0.2, 0.25) is 5.78 Å². The van der Waals surface area contributed by atoms with Crippen molar-refractivity contribution >= 4 is 5.78 Å². The lowest BCUT2D eigenvalue weighted by Crippen LogP contribution is -2.27. The third-order valence-electron chi connectivity index (χ3n) is 3.58. The summed E-state index contributed by atoms with van der Waals surface area (Å²) in [4.78, 5) is 18.6. The van der Waals surface area contributed by atoms with Crippen LogP contribution in [0.5, 0.6) is 5.75 Å². The smallest absolute Gasteiger partial charge is 0.211 e. The number of ether oxygens (including phenoxy) is 1. The first-order valence-electron chi connectivity index (χ1n) is 7.65. The van der Waals surface area contributed by atoms with Gasteiger partial charge in [-0.1, -0.05) is 19.9 Å². The van der Waals surface area contributed by atoms with Crippen LogP contribution in [0.15, 0.2) is 48.7 Å². The molecule has 4 heteroatoms. The van der Waals surface area contributed by atoms with Gasteiger partial charge in [0.25, 0.3) is 0 Å². The number of aromatic nitrogens is 1. The Balaban J connectivity index is 1.92. The molecule has 0 aliphatic heterocycles. The van der Waals surface area contributed by atoms with E-state index >= 15 is 0 Å². The molecule has 0 aliphatic carbocycles. The number of rotatable bonds is 8. The van der Waals surface area contributed by atoms with Crippen molar-refractivity contribution in [2.45, 2.75) is 13.8 Å². The topological polar surface area (TPSA) is 42.4 Å². The number of hydrogen-bond acceptors (Lipinski definition) is 4.